The van der Waals surface area contributed by atoms with E-state index in [1.807, 2.05) is 31.0 Å². The molecule has 1 aromatic heterocycles. The summed E-state index contributed by atoms with van der Waals surface area (Å²) < 4.78 is 0. The minimum atomic E-state index is -0.397. The van der Waals surface area contributed by atoms with Gasteiger partial charge in [-0.2, -0.15) is 0 Å². The van der Waals surface area contributed by atoms with Crippen LogP contribution in [0.1, 0.15) is 12.5 Å². The molecule has 3 rings (SSSR count). The number of benzene rings is 2. The molecule has 0 spiro atoms. The molecule has 3 aromatic rings. The predicted molar refractivity (Wildman–Crippen MR) is 105 cm³/mol. The van der Waals surface area contributed by atoms with E-state index in [1.165, 1.54) is 0 Å². The number of carbonyl (C=O) groups excluding carboxylic acids is 1. The average molecular weight is 393 g/mol. The number of hydrogen-bond donors (Lipinski definition) is 3. The summed E-state index contributed by atoms with van der Waals surface area (Å²) in [5, 5.41) is 3.85. The average Bonchev–Trinajstić information content (AvgIpc) is 2.97. The van der Waals surface area contributed by atoms with Crippen LogP contribution < -0.4 is 11.0 Å². The van der Waals surface area contributed by atoms with E-state index in [2.05, 4.69) is 15.3 Å². The van der Waals surface area contributed by atoms with Crippen LogP contribution in [0, 0.1) is 0 Å². The fourth-order valence-corrected chi connectivity index (χ4v) is 3.01. The molecule has 0 aliphatic carbocycles. The van der Waals surface area contributed by atoms with Crippen molar-refractivity contribution in [3.8, 4) is 0 Å². The van der Waals surface area contributed by atoms with Gasteiger partial charge in [0.2, 0.25) is 5.91 Å². The highest BCUT2D eigenvalue weighted by Crippen LogP contribution is 2.26. The van der Waals surface area contributed by atoms with Gasteiger partial charge < -0.3 is 15.3 Å². The molecule has 0 saturated carbocycles. The first-order chi connectivity index (χ1) is 12.3. The lowest BCUT2D eigenvalue weighted by Crippen LogP contribution is -2.39. The lowest BCUT2D eigenvalue weighted by Gasteiger charge is -2.24. The van der Waals surface area contributed by atoms with Gasteiger partial charge in [0.15, 0.2) is 0 Å². The van der Waals surface area contributed by atoms with Crippen molar-refractivity contribution in [1.82, 2.24) is 14.9 Å². The molecule has 1 unspecified atom stereocenters. The molecular formula is C18H18Cl2N4O2. The summed E-state index contributed by atoms with van der Waals surface area (Å²) in [6.45, 7) is 2.29. The number of nitrogens with zero attached hydrogens (tertiary/aromatic N) is 1. The second-order valence-electron chi connectivity index (χ2n) is 6.13. The number of halogens is 2. The van der Waals surface area contributed by atoms with E-state index in [-0.39, 0.29) is 11.6 Å². The number of aromatic amines is 2. The van der Waals surface area contributed by atoms with E-state index in [0.717, 1.165) is 5.56 Å². The zero-order valence-corrected chi connectivity index (χ0v) is 15.8. The molecule has 2 aromatic carbocycles. The number of imidazole rings is 1. The van der Waals surface area contributed by atoms with Crippen LogP contribution in [-0.2, 0) is 11.3 Å². The number of fused-ring (bicyclic) bond motifs is 1. The predicted octanol–water partition coefficient (Wildman–Crippen LogP) is 3.62. The topological polar surface area (TPSA) is 81.0 Å². The Morgan fingerprint density at radius 3 is 2.69 bits per heavy atom. The highest BCUT2D eigenvalue weighted by molar-refractivity contribution is 6.42. The van der Waals surface area contributed by atoms with Crippen LogP contribution in [-0.4, -0.2) is 33.9 Å². The number of rotatable bonds is 5. The molecule has 3 N–H and O–H groups in total. The minimum Gasteiger partial charge on any atom is -0.325 e. The molecule has 1 atom stereocenters. The van der Waals surface area contributed by atoms with E-state index in [0.29, 0.717) is 33.3 Å². The van der Waals surface area contributed by atoms with E-state index in [9.17, 15) is 9.59 Å². The molecule has 0 bridgehead atoms. The lowest BCUT2D eigenvalue weighted by atomic mass is 10.1. The van der Waals surface area contributed by atoms with E-state index >= 15 is 0 Å². The second kappa shape index (κ2) is 7.53. The van der Waals surface area contributed by atoms with Gasteiger partial charge in [-0.25, -0.2) is 4.79 Å². The number of anilines is 1. The summed E-state index contributed by atoms with van der Waals surface area (Å²) in [4.78, 5) is 31.1. The van der Waals surface area contributed by atoms with Gasteiger partial charge in [-0.1, -0.05) is 35.3 Å². The summed E-state index contributed by atoms with van der Waals surface area (Å²) in [5.41, 5.74) is 2.51. The number of nitrogens with one attached hydrogen (secondary N) is 3. The summed E-state index contributed by atoms with van der Waals surface area (Å²) in [6.07, 6.45) is 0. The molecule has 136 valence electrons. The fraction of sp³-hybridized carbons (Fsp3) is 0.222. The third kappa shape index (κ3) is 3.93. The maximum absolute atomic E-state index is 12.5. The van der Waals surface area contributed by atoms with Crippen LogP contribution in [0.4, 0.5) is 5.69 Å². The standard InChI is InChI=1S/C18H18Cl2N4O2/c1-10(24(2)9-11-4-3-5-13(19)16(11)20)17(25)21-12-6-7-14-15(8-12)23-18(26)22-14/h3-8,10H,9H2,1-2H3,(H,21,25)(H2,22,23,26). The van der Waals surface area contributed by atoms with Gasteiger partial charge in [0.05, 0.1) is 27.1 Å². The molecular weight excluding hydrogens is 375 g/mol. The molecule has 0 saturated heterocycles. The van der Waals surface area contributed by atoms with Crippen molar-refractivity contribution < 1.29 is 4.79 Å². The molecule has 0 fully saturated rings. The monoisotopic (exact) mass is 392 g/mol. The molecule has 6 nitrogen and oxygen atoms in total. The third-order valence-corrected chi connectivity index (χ3v) is 5.13. The van der Waals surface area contributed by atoms with Crippen LogP contribution in [0.25, 0.3) is 11.0 Å². The van der Waals surface area contributed by atoms with E-state index in [4.69, 9.17) is 23.2 Å². The van der Waals surface area contributed by atoms with E-state index < -0.39 is 6.04 Å². The lowest BCUT2D eigenvalue weighted by molar-refractivity contribution is -0.120. The number of hydrogen-bond acceptors (Lipinski definition) is 3. The van der Waals surface area contributed by atoms with Crippen molar-refractivity contribution in [3.05, 3.63) is 62.5 Å². The van der Waals surface area contributed by atoms with Crippen molar-refractivity contribution in [2.45, 2.75) is 19.5 Å². The Morgan fingerprint density at radius 1 is 1.19 bits per heavy atom. The van der Waals surface area contributed by atoms with Gasteiger partial charge in [0, 0.05) is 12.2 Å². The zero-order chi connectivity index (χ0) is 18.8. The largest absolute Gasteiger partial charge is 0.325 e. The Balaban J connectivity index is 1.69. The molecule has 0 aliphatic heterocycles. The quantitative estimate of drug-likeness (QED) is 0.619. The molecule has 1 heterocycles. The van der Waals surface area contributed by atoms with Crippen molar-refractivity contribution in [1.29, 1.82) is 0 Å². The Labute approximate surface area is 160 Å². The Hall–Kier alpha value is -2.28. The smallest absolute Gasteiger partial charge is 0.323 e. The van der Waals surface area contributed by atoms with Gasteiger partial charge in [-0.3, -0.25) is 9.69 Å². The Bertz CT molecular complexity index is 1010. The fourth-order valence-electron chi connectivity index (χ4n) is 2.63. The minimum absolute atomic E-state index is 0.164. The maximum Gasteiger partial charge on any atom is 0.323 e. The van der Waals surface area contributed by atoms with Crippen molar-refractivity contribution >= 4 is 45.8 Å². The van der Waals surface area contributed by atoms with Crippen molar-refractivity contribution in [2.75, 3.05) is 12.4 Å². The van der Waals surface area contributed by atoms with Crippen molar-refractivity contribution in [2.24, 2.45) is 0 Å². The van der Waals surface area contributed by atoms with Crippen LogP contribution in [0.3, 0.4) is 0 Å². The summed E-state index contributed by atoms with van der Waals surface area (Å²) in [6, 6.07) is 10.2. The maximum atomic E-state index is 12.5. The third-order valence-electron chi connectivity index (χ3n) is 4.28. The molecule has 0 aliphatic rings. The van der Waals surface area contributed by atoms with Crippen LogP contribution in [0.2, 0.25) is 10.0 Å². The van der Waals surface area contributed by atoms with Gasteiger partial charge >= 0.3 is 5.69 Å². The normalized spacial score (nSPS) is 12.5. The van der Waals surface area contributed by atoms with Crippen molar-refractivity contribution in [3.63, 3.8) is 0 Å². The number of aromatic nitrogens is 2. The first-order valence-electron chi connectivity index (χ1n) is 8.01. The summed E-state index contributed by atoms with van der Waals surface area (Å²) >= 11 is 12.3. The van der Waals surface area contributed by atoms with Gasteiger partial charge in [-0.05, 0) is 43.8 Å². The first-order valence-corrected chi connectivity index (χ1v) is 8.77. The molecule has 26 heavy (non-hydrogen) atoms. The van der Waals surface area contributed by atoms with Gasteiger partial charge in [0.25, 0.3) is 0 Å². The van der Waals surface area contributed by atoms with E-state index in [1.54, 1.807) is 24.3 Å². The SMILES string of the molecule is CC(C(=O)Nc1ccc2[nH]c(=O)[nH]c2c1)N(C)Cc1cccc(Cl)c1Cl. The highest BCUT2D eigenvalue weighted by atomic mass is 35.5. The zero-order valence-electron chi connectivity index (χ0n) is 14.3. The second-order valence-corrected chi connectivity index (χ2v) is 6.92. The molecule has 8 heteroatoms. The van der Waals surface area contributed by atoms with Gasteiger partial charge in [0.1, 0.15) is 0 Å². The number of H-pyrrole nitrogens is 2. The number of amides is 1. The Kier molecular flexibility index (Phi) is 5.36. The van der Waals surface area contributed by atoms with Crippen LogP contribution in [0.15, 0.2) is 41.2 Å². The number of likely N-dealkylation sites (N-methyl/N-ethyl adjacent to an activating group) is 1. The summed E-state index contributed by atoms with van der Waals surface area (Å²) in [7, 11) is 1.84. The Morgan fingerprint density at radius 2 is 1.92 bits per heavy atom. The molecule has 0 radical (unpaired) electrons. The van der Waals surface area contributed by atoms with Gasteiger partial charge in [-0.15, -0.1) is 0 Å². The van der Waals surface area contributed by atoms with Crippen LogP contribution >= 0.6 is 23.2 Å². The first kappa shape index (κ1) is 18.5. The number of carbonyl (C=O) groups is 1. The summed E-state index contributed by atoms with van der Waals surface area (Å²) in [5.74, 6) is -0.164. The molecule has 1 amide bonds. The highest BCUT2D eigenvalue weighted by Gasteiger charge is 2.19. The van der Waals surface area contributed by atoms with Crippen LogP contribution in [0.5, 0.6) is 0 Å².